The zero-order valence-corrected chi connectivity index (χ0v) is 31.2. The van der Waals surface area contributed by atoms with Crippen molar-refractivity contribution in [2.45, 2.75) is 98.6 Å². The fraction of sp³-hybridized carbons (Fsp3) is 0.632. The maximum atomic E-state index is 14.5. The third-order valence-corrected chi connectivity index (χ3v) is 11.1. The number of carbonyl (C=O) groups is 6. The zero-order valence-electron chi connectivity index (χ0n) is 31.2. The van der Waals surface area contributed by atoms with Gasteiger partial charge < -0.3 is 26.0 Å². The molecule has 0 spiro atoms. The van der Waals surface area contributed by atoms with E-state index in [9.17, 15) is 33.9 Å². The molecule has 278 valence electrons. The summed E-state index contributed by atoms with van der Waals surface area (Å²) >= 11 is 0. The third-order valence-electron chi connectivity index (χ3n) is 11.1. The second kappa shape index (κ2) is 13.8. The minimum absolute atomic E-state index is 0.0515. The average molecular weight is 707 g/mol. The van der Waals surface area contributed by atoms with Crippen molar-refractivity contribution in [1.29, 1.82) is 0 Å². The lowest BCUT2D eigenvalue weighted by Gasteiger charge is -2.39. The zero-order chi connectivity index (χ0) is 37.8. The molecule has 5 N–H and O–H groups in total. The highest BCUT2D eigenvalue weighted by Crippen LogP contribution is 2.65. The smallest absolute Gasteiger partial charge is 0.315 e. The van der Waals surface area contributed by atoms with E-state index in [1.165, 1.54) is 11.9 Å². The molecule has 5 rings (SSSR count). The maximum Gasteiger partial charge on any atom is 0.315 e. The molecular weight excluding hydrogens is 652 g/mol. The van der Waals surface area contributed by atoms with E-state index in [4.69, 9.17) is 0 Å². The molecule has 1 aromatic carbocycles. The van der Waals surface area contributed by atoms with Gasteiger partial charge in [0.25, 0.3) is 11.8 Å². The molecule has 13 nitrogen and oxygen atoms in total. The summed E-state index contributed by atoms with van der Waals surface area (Å²) in [7, 11) is 1.45. The van der Waals surface area contributed by atoms with Crippen LogP contribution in [0.5, 0.6) is 0 Å². The van der Waals surface area contributed by atoms with E-state index in [1.807, 2.05) is 47.6 Å². The van der Waals surface area contributed by atoms with Crippen LogP contribution in [0.15, 0.2) is 36.4 Å². The van der Waals surface area contributed by atoms with Crippen LogP contribution < -0.4 is 21.3 Å². The van der Waals surface area contributed by atoms with Crippen LogP contribution in [-0.4, -0.2) is 101 Å². The Balaban J connectivity index is 1.33. The number of ketones is 1. The van der Waals surface area contributed by atoms with Crippen LogP contribution in [-0.2, 0) is 14.4 Å². The van der Waals surface area contributed by atoms with Crippen LogP contribution in [0.4, 0.5) is 4.79 Å². The van der Waals surface area contributed by atoms with Crippen molar-refractivity contribution < 1.29 is 33.9 Å². The van der Waals surface area contributed by atoms with E-state index >= 15 is 0 Å². The maximum absolute atomic E-state index is 14.5. The predicted molar refractivity (Wildman–Crippen MR) is 190 cm³/mol. The number of nitrogens with one attached hydrogen (secondary N) is 4. The number of nitrogens with zero attached hydrogens (tertiary/aromatic N) is 2. The molecule has 51 heavy (non-hydrogen) atoms. The Bertz CT molecular complexity index is 1590. The number of piperidine rings is 1. The highest BCUT2D eigenvalue weighted by Gasteiger charge is 2.70. The third kappa shape index (κ3) is 7.74. The molecule has 0 aromatic heterocycles. The molecule has 0 bridgehead atoms. The summed E-state index contributed by atoms with van der Waals surface area (Å²) in [5.74, 6) is -2.16. The minimum Gasteiger partial charge on any atom is -0.371 e. The second-order valence-electron chi connectivity index (χ2n) is 17.3. The van der Waals surface area contributed by atoms with E-state index in [0.29, 0.717) is 23.6 Å². The first kappa shape index (κ1) is 38.1. The standard InChI is InChI=1S/C38H54N6O7/c1-36(2,3)25(19-44-32(48)21-12-10-11-13-22(21)33(44)49)41-35(51)42-29(37(4,5)6)34(50)43-18-23-26(38(23,7)8)27(43)30(46)40-24(17-16-20-14-15-20)28(45)31(47)39-9/h10-13,16-17,20,23-27,29,31,39,47H,14-15,18-19H2,1-9H3,(H,40,46)(H2,41,42,51)/b17-16+/t23-,24?,25+,26-,27-,29+,31?/m0/s1. The lowest BCUT2D eigenvalue weighted by molar-refractivity contribution is -0.144. The van der Waals surface area contributed by atoms with Gasteiger partial charge in [0.2, 0.25) is 17.6 Å². The first-order valence-electron chi connectivity index (χ1n) is 17.9. The van der Waals surface area contributed by atoms with Crippen LogP contribution in [0.2, 0.25) is 0 Å². The summed E-state index contributed by atoms with van der Waals surface area (Å²) in [6, 6.07) is 2.26. The number of rotatable bonds is 12. The highest BCUT2D eigenvalue weighted by atomic mass is 16.3. The number of Topliss-reactive ketones (excluding diaryl/α,β-unsaturated/α-hetero) is 1. The van der Waals surface area contributed by atoms with E-state index in [-0.39, 0.29) is 23.8 Å². The number of fused-ring (bicyclic) bond motifs is 2. The summed E-state index contributed by atoms with van der Waals surface area (Å²) in [6.45, 7) is 15.5. The average Bonchev–Trinajstić information content (AvgIpc) is 3.89. The number of urea groups is 1. The Labute approximate surface area is 300 Å². The Kier molecular flexibility index (Phi) is 10.3. The number of aliphatic hydroxyl groups is 1. The van der Waals surface area contributed by atoms with Gasteiger partial charge in [-0.3, -0.25) is 34.2 Å². The number of amides is 6. The SMILES string of the molecule is CNC(O)C(=O)C(/C=C/C1CC1)NC(=O)[C@@H]1[C@@H]2[C@H](CN1C(=O)[C@@H](NC(=O)N[C@H](CN1C(=O)c3ccccc3C1=O)C(C)(C)C)C(C)(C)C)C2(C)C. The molecule has 3 fully saturated rings. The van der Waals surface area contributed by atoms with Crippen LogP contribution in [0.3, 0.4) is 0 Å². The van der Waals surface area contributed by atoms with Crippen molar-refractivity contribution in [2.24, 2.45) is 34.0 Å². The van der Waals surface area contributed by atoms with E-state index in [2.05, 4.69) is 35.1 Å². The Morgan fingerprint density at radius 2 is 1.53 bits per heavy atom. The van der Waals surface area contributed by atoms with E-state index in [0.717, 1.165) is 17.7 Å². The lowest BCUT2D eigenvalue weighted by atomic mass is 9.85. The van der Waals surface area contributed by atoms with Gasteiger partial charge in [0.1, 0.15) is 18.1 Å². The van der Waals surface area contributed by atoms with Gasteiger partial charge in [0.15, 0.2) is 6.23 Å². The fourth-order valence-electron chi connectivity index (χ4n) is 7.40. The fourth-order valence-corrected chi connectivity index (χ4v) is 7.40. The van der Waals surface area contributed by atoms with Crippen LogP contribution >= 0.6 is 0 Å². The topological polar surface area (TPSA) is 177 Å². The van der Waals surface area contributed by atoms with Gasteiger partial charge in [0, 0.05) is 6.54 Å². The van der Waals surface area contributed by atoms with E-state index < -0.39 is 76.7 Å². The largest absolute Gasteiger partial charge is 0.371 e. The summed E-state index contributed by atoms with van der Waals surface area (Å²) in [6.07, 6.45) is 4.01. The molecule has 2 aliphatic carbocycles. The summed E-state index contributed by atoms with van der Waals surface area (Å²) < 4.78 is 0. The number of likely N-dealkylation sites (N-methyl/N-ethyl adjacent to an activating group) is 1. The Hall–Kier alpha value is -4.10. The first-order chi connectivity index (χ1) is 23.7. The van der Waals surface area contributed by atoms with E-state index in [1.54, 1.807) is 30.3 Å². The van der Waals surface area contributed by atoms with Gasteiger partial charge in [-0.1, -0.05) is 79.7 Å². The van der Waals surface area contributed by atoms with Gasteiger partial charge in [0.05, 0.1) is 23.7 Å². The Morgan fingerprint density at radius 1 is 0.941 bits per heavy atom. The van der Waals surface area contributed by atoms with Crippen LogP contribution in [0.1, 0.15) is 88.9 Å². The van der Waals surface area contributed by atoms with Gasteiger partial charge in [-0.05, 0) is 66.0 Å². The monoisotopic (exact) mass is 706 g/mol. The molecule has 13 heteroatoms. The predicted octanol–water partition coefficient (Wildman–Crippen LogP) is 2.45. The van der Waals surface area contributed by atoms with Crippen molar-refractivity contribution >= 4 is 35.4 Å². The highest BCUT2D eigenvalue weighted by molar-refractivity contribution is 6.21. The summed E-state index contributed by atoms with van der Waals surface area (Å²) in [4.78, 5) is 84.3. The van der Waals surface area contributed by atoms with Crippen molar-refractivity contribution in [3.8, 4) is 0 Å². The van der Waals surface area contributed by atoms with Crippen molar-refractivity contribution in [3.05, 3.63) is 47.5 Å². The molecule has 2 heterocycles. The number of carbonyl (C=O) groups excluding carboxylic acids is 6. The molecule has 1 aromatic rings. The molecule has 0 radical (unpaired) electrons. The number of hydrogen-bond donors (Lipinski definition) is 5. The van der Waals surface area contributed by atoms with Gasteiger partial charge >= 0.3 is 6.03 Å². The van der Waals surface area contributed by atoms with Gasteiger partial charge in [-0.2, -0.15) is 0 Å². The molecule has 2 aliphatic heterocycles. The van der Waals surface area contributed by atoms with Gasteiger partial charge in [-0.15, -0.1) is 0 Å². The number of allylic oxidation sites excluding steroid dienone is 1. The second-order valence-corrected chi connectivity index (χ2v) is 17.3. The van der Waals surface area contributed by atoms with Crippen molar-refractivity contribution in [2.75, 3.05) is 20.1 Å². The minimum atomic E-state index is -1.48. The molecule has 6 amide bonds. The number of imide groups is 1. The van der Waals surface area contributed by atoms with Crippen molar-refractivity contribution in [3.63, 3.8) is 0 Å². The number of benzene rings is 1. The van der Waals surface area contributed by atoms with Crippen LogP contribution in [0.25, 0.3) is 0 Å². The molecule has 1 saturated heterocycles. The molecular formula is C38H54N6O7. The first-order valence-corrected chi connectivity index (χ1v) is 17.9. The van der Waals surface area contributed by atoms with Crippen LogP contribution in [0, 0.1) is 34.0 Å². The normalized spacial score (nSPS) is 24.8. The summed E-state index contributed by atoms with van der Waals surface area (Å²) in [5.41, 5.74) is -0.937. The number of likely N-dealkylation sites (tertiary alicyclic amines) is 1. The molecule has 7 atom stereocenters. The number of hydrogen-bond acceptors (Lipinski definition) is 8. The number of aliphatic hydroxyl groups excluding tert-OH is 1. The Morgan fingerprint density at radius 3 is 2.04 bits per heavy atom. The molecule has 2 unspecified atom stereocenters. The molecule has 4 aliphatic rings. The molecule has 2 saturated carbocycles. The lowest BCUT2D eigenvalue weighted by Crippen LogP contribution is -2.62. The summed E-state index contributed by atoms with van der Waals surface area (Å²) in [5, 5.41) is 21.4. The quantitative estimate of drug-likeness (QED) is 0.125. The van der Waals surface area contributed by atoms with Crippen molar-refractivity contribution in [1.82, 2.24) is 31.1 Å². The van der Waals surface area contributed by atoms with Gasteiger partial charge in [-0.25, -0.2) is 4.79 Å².